The summed E-state index contributed by atoms with van der Waals surface area (Å²) in [5, 5.41) is 11.3. The summed E-state index contributed by atoms with van der Waals surface area (Å²) in [7, 11) is 0. The molecule has 0 aromatic rings. The van der Waals surface area contributed by atoms with E-state index < -0.39 is 29.7 Å². The molecule has 1 heterocycles. The minimum atomic E-state index is -4.35. The molecule has 0 bridgehead atoms. The van der Waals surface area contributed by atoms with Crippen molar-refractivity contribution in [3.8, 4) is 0 Å². The zero-order valence-electron chi connectivity index (χ0n) is 11.0. The third-order valence-corrected chi connectivity index (χ3v) is 3.20. The molecule has 1 unspecified atom stereocenters. The summed E-state index contributed by atoms with van der Waals surface area (Å²) in [4.78, 5) is 23.7. The van der Waals surface area contributed by atoms with Crippen molar-refractivity contribution in [3.63, 3.8) is 0 Å². The first-order valence-corrected chi connectivity index (χ1v) is 6.27. The maximum absolute atomic E-state index is 12.4. The molecule has 0 saturated carbocycles. The van der Waals surface area contributed by atoms with Crippen molar-refractivity contribution in [2.24, 2.45) is 5.92 Å². The van der Waals surface area contributed by atoms with Gasteiger partial charge >= 0.3 is 18.2 Å². The van der Waals surface area contributed by atoms with Crippen molar-refractivity contribution in [2.75, 3.05) is 19.6 Å². The monoisotopic (exact) mass is 294 g/mol. The van der Waals surface area contributed by atoms with E-state index in [4.69, 9.17) is 5.11 Å². The van der Waals surface area contributed by atoms with Crippen LogP contribution in [0.1, 0.15) is 19.8 Å². The van der Waals surface area contributed by atoms with Gasteiger partial charge in [0.05, 0.1) is 5.92 Å². The lowest BCUT2D eigenvalue weighted by Crippen LogP contribution is -2.45. The lowest BCUT2D eigenvalue weighted by atomic mass is 10.1. The minimum Gasteiger partial charge on any atom is -0.481 e. The quantitative estimate of drug-likeness (QED) is 0.779. The fraction of sp³-hybridized carbons (Fsp3) is 0.667. The van der Waals surface area contributed by atoms with Gasteiger partial charge in [0, 0.05) is 25.2 Å². The van der Waals surface area contributed by atoms with E-state index in [2.05, 4.69) is 5.32 Å². The van der Waals surface area contributed by atoms with Crippen LogP contribution in [0.15, 0.2) is 11.6 Å². The van der Waals surface area contributed by atoms with E-state index in [9.17, 15) is 22.8 Å². The average Bonchev–Trinajstić information content (AvgIpc) is 2.38. The Morgan fingerprint density at radius 2 is 2.15 bits per heavy atom. The lowest BCUT2D eigenvalue weighted by molar-refractivity contribution is -0.141. The van der Waals surface area contributed by atoms with Crippen LogP contribution < -0.4 is 5.32 Å². The van der Waals surface area contributed by atoms with Gasteiger partial charge in [0.25, 0.3) is 0 Å². The van der Waals surface area contributed by atoms with E-state index in [1.807, 2.05) is 0 Å². The Bertz CT molecular complexity index is 407. The van der Waals surface area contributed by atoms with E-state index in [-0.39, 0.29) is 26.1 Å². The second kappa shape index (κ2) is 6.62. The van der Waals surface area contributed by atoms with Crippen LogP contribution >= 0.6 is 0 Å². The molecule has 0 radical (unpaired) electrons. The van der Waals surface area contributed by atoms with E-state index in [1.54, 1.807) is 6.92 Å². The number of nitrogens with one attached hydrogen (secondary N) is 1. The van der Waals surface area contributed by atoms with Crippen molar-refractivity contribution in [2.45, 2.75) is 25.9 Å². The van der Waals surface area contributed by atoms with Crippen molar-refractivity contribution in [1.82, 2.24) is 10.2 Å². The Balaban J connectivity index is 2.47. The molecule has 2 N–H and O–H groups in total. The maximum atomic E-state index is 12.4. The van der Waals surface area contributed by atoms with Crippen LogP contribution in [0.4, 0.5) is 18.0 Å². The van der Waals surface area contributed by atoms with Crippen LogP contribution in [0.5, 0.6) is 0 Å². The Kier molecular flexibility index (Phi) is 5.41. The average molecular weight is 294 g/mol. The molecule has 0 aromatic heterocycles. The molecule has 0 saturated heterocycles. The molecular formula is C12H17F3N2O3. The number of rotatable bonds is 4. The van der Waals surface area contributed by atoms with Gasteiger partial charge < -0.3 is 15.3 Å². The van der Waals surface area contributed by atoms with Gasteiger partial charge in [-0.2, -0.15) is 13.2 Å². The second-order valence-corrected chi connectivity index (χ2v) is 4.55. The van der Waals surface area contributed by atoms with E-state index in [1.165, 1.54) is 4.90 Å². The van der Waals surface area contributed by atoms with Crippen LogP contribution in [-0.2, 0) is 4.79 Å². The normalized spacial score (nSPS) is 17.4. The predicted octanol–water partition coefficient (Wildman–Crippen LogP) is 2.00. The van der Waals surface area contributed by atoms with Crippen molar-refractivity contribution in [3.05, 3.63) is 11.6 Å². The Hall–Kier alpha value is -1.73. The van der Waals surface area contributed by atoms with Gasteiger partial charge in [-0.05, 0) is 12.8 Å². The standard InChI is InChI=1S/C12H17F3N2O3/c1-2-8(10(18)19)7-16-11(20)17-5-3-9(4-6-17)12(13,14)15/h3,8H,2,4-7H2,1H3,(H,16,20)(H,18,19). The Morgan fingerprint density at radius 3 is 2.55 bits per heavy atom. The number of hydrogen-bond donors (Lipinski definition) is 2. The number of amides is 2. The molecule has 0 aliphatic carbocycles. The van der Waals surface area contributed by atoms with Gasteiger partial charge in [0.2, 0.25) is 0 Å². The molecule has 5 nitrogen and oxygen atoms in total. The van der Waals surface area contributed by atoms with Gasteiger partial charge in [-0.25, -0.2) is 4.79 Å². The number of carboxylic acid groups (broad SMARTS) is 1. The van der Waals surface area contributed by atoms with Gasteiger partial charge in [0.1, 0.15) is 0 Å². The molecule has 8 heteroatoms. The molecule has 1 aliphatic rings. The fourth-order valence-electron chi connectivity index (χ4n) is 1.84. The predicted molar refractivity (Wildman–Crippen MR) is 65.1 cm³/mol. The molecule has 1 atom stereocenters. The van der Waals surface area contributed by atoms with Gasteiger partial charge in [-0.3, -0.25) is 4.79 Å². The zero-order chi connectivity index (χ0) is 15.3. The minimum absolute atomic E-state index is 0.0267. The summed E-state index contributed by atoms with van der Waals surface area (Å²) in [5.41, 5.74) is -0.626. The fourth-order valence-corrected chi connectivity index (χ4v) is 1.84. The largest absolute Gasteiger partial charge is 0.481 e. The molecule has 114 valence electrons. The highest BCUT2D eigenvalue weighted by Crippen LogP contribution is 2.30. The molecule has 20 heavy (non-hydrogen) atoms. The Labute approximate surface area is 114 Å². The van der Waals surface area contributed by atoms with Gasteiger partial charge in [-0.1, -0.05) is 13.0 Å². The summed E-state index contributed by atoms with van der Waals surface area (Å²) < 4.78 is 37.2. The third-order valence-electron chi connectivity index (χ3n) is 3.20. The third kappa shape index (κ3) is 4.43. The second-order valence-electron chi connectivity index (χ2n) is 4.55. The SMILES string of the molecule is CCC(CNC(=O)N1CC=C(C(F)(F)F)CC1)C(=O)O. The molecular weight excluding hydrogens is 277 g/mol. The number of carboxylic acids is 1. The summed E-state index contributed by atoms with van der Waals surface area (Å²) in [6.07, 6.45) is -3.24. The summed E-state index contributed by atoms with van der Waals surface area (Å²) in [5.74, 6) is -1.70. The number of hydrogen-bond acceptors (Lipinski definition) is 2. The first-order chi connectivity index (χ1) is 9.25. The highest BCUT2D eigenvalue weighted by molar-refractivity contribution is 5.76. The van der Waals surface area contributed by atoms with Crippen LogP contribution in [0.3, 0.4) is 0 Å². The van der Waals surface area contributed by atoms with Crippen LogP contribution in [0.2, 0.25) is 0 Å². The van der Waals surface area contributed by atoms with Crippen molar-refractivity contribution in [1.29, 1.82) is 0 Å². The topological polar surface area (TPSA) is 69.6 Å². The molecule has 0 spiro atoms. The first kappa shape index (κ1) is 16.3. The highest BCUT2D eigenvalue weighted by Gasteiger charge is 2.35. The number of carbonyl (C=O) groups excluding carboxylic acids is 1. The van der Waals surface area contributed by atoms with E-state index in [0.717, 1.165) is 6.08 Å². The molecule has 1 aliphatic heterocycles. The van der Waals surface area contributed by atoms with E-state index >= 15 is 0 Å². The number of nitrogens with zero attached hydrogens (tertiary/aromatic N) is 1. The zero-order valence-corrected chi connectivity index (χ0v) is 11.0. The molecule has 0 aromatic carbocycles. The van der Waals surface area contributed by atoms with Crippen LogP contribution in [-0.4, -0.2) is 47.8 Å². The molecule has 2 amide bonds. The number of aliphatic carboxylic acids is 1. The number of alkyl halides is 3. The lowest BCUT2D eigenvalue weighted by Gasteiger charge is -2.27. The molecule has 0 fully saturated rings. The Morgan fingerprint density at radius 1 is 1.50 bits per heavy atom. The van der Waals surface area contributed by atoms with Crippen LogP contribution in [0.25, 0.3) is 0 Å². The van der Waals surface area contributed by atoms with E-state index in [0.29, 0.717) is 6.42 Å². The van der Waals surface area contributed by atoms with Crippen LogP contribution in [0, 0.1) is 5.92 Å². The summed E-state index contributed by atoms with van der Waals surface area (Å²) in [6, 6.07) is -0.540. The highest BCUT2D eigenvalue weighted by atomic mass is 19.4. The summed E-state index contributed by atoms with van der Waals surface area (Å²) >= 11 is 0. The van der Waals surface area contributed by atoms with Crippen molar-refractivity contribution < 1.29 is 27.9 Å². The maximum Gasteiger partial charge on any atom is 0.412 e. The number of carbonyl (C=O) groups is 2. The van der Waals surface area contributed by atoms with Gasteiger partial charge in [-0.15, -0.1) is 0 Å². The number of halogens is 3. The number of urea groups is 1. The summed E-state index contributed by atoms with van der Waals surface area (Å²) in [6.45, 7) is 1.51. The smallest absolute Gasteiger partial charge is 0.412 e. The first-order valence-electron chi connectivity index (χ1n) is 6.27. The van der Waals surface area contributed by atoms with Gasteiger partial charge in [0.15, 0.2) is 0 Å². The molecule has 1 rings (SSSR count). The van der Waals surface area contributed by atoms with Crippen molar-refractivity contribution >= 4 is 12.0 Å².